The number of hydrogen-bond acceptors (Lipinski definition) is 2. The van der Waals surface area contributed by atoms with Crippen molar-refractivity contribution in [3.05, 3.63) is 197 Å². The predicted octanol–water partition coefficient (Wildman–Crippen LogP) is 13.0. The Morgan fingerprint density at radius 3 is 1.23 bits per heavy atom. The highest BCUT2D eigenvalue weighted by atomic mass is 15.2. The third-order valence-electron chi connectivity index (χ3n) is 13.6. The van der Waals surface area contributed by atoms with Crippen LogP contribution in [0.25, 0.3) is 44.0 Å². The van der Waals surface area contributed by atoms with Crippen LogP contribution in [0.5, 0.6) is 0 Å². The number of aryl methyl sites for hydroxylation is 7. The Bertz CT molecular complexity index is 3370. The Labute approximate surface area is 364 Å². The van der Waals surface area contributed by atoms with E-state index in [0.29, 0.717) is 0 Å². The Morgan fingerprint density at radius 1 is 0.371 bits per heavy atom. The van der Waals surface area contributed by atoms with E-state index in [1.165, 1.54) is 111 Å². The van der Waals surface area contributed by atoms with E-state index in [1.807, 2.05) is 0 Å². The van der Waals surface area contributed by atoms with E-state index in [-0.39, 0.29) is 6.71 Å². The highest BCUT2D eigenvalue weighted by Gasteiger charge is 2.42. The van der Waals surface area contributed by atoms with Gasteiger partial charge >= 0.3 is 0 Å². The average Bonchev–Trinajstić information content (AvgIpc) is 3.81. The van der Waals surface area contributed by atoms with E-state index in [2.05, 4.69) is 225 Å². The second-order valence-electron chi connectivity index (χ2n) is 17.9. The van der Waals surface area contributed by atoms with Crippen LogP contribution in [0.15, 0.2) is 158 Å². The van der Waals surface area contributed by atoms with Crippen LogP contribution in [0.3, 0.4) is 0 Å². The molecule has 2 aliphatic heterocycles. The van der Waals surface area contributed by atoms with Crippen LogP contribution in [0.2, 0.25) is 0 Å². The van der Waals surface area contributed by atoms with E-state index >= 15 is 0 Å². The molecule has 62 heavy (non-hydrogen) atoms. The third-order valence-corrected chi connectivity index (χ3v) is 13.6. The SMILES string of the molecule is Cc1ccc(N(c2ccc(C)cc2)c2ccc3c4c2cc(C)n4-c2cc4cc(C)ccc4c4c2B3c2ccc(N(c3ccc(C)cc3)c3ccc(C)cc3)c3cc(C)n-4c23)cc1. The number of rotatable bonds is 6. The summed E-state index contributed by atoms with van der Waals surface area (Å²) in [7, 11) is 0. The molecule has 0 atom stereocenters. The second-order valence-corrected chi connectivity index (χ2v) is 17.9. The largest absolute Gasteiger partial charge is 0.315 e. The van der Waals surface area contributed by atoms with Gasteiger partial charge in [-0.25, -0.2) is 0 Å². The maximum Gasteiger partial charge on any atom is 0.252 e. The molecule has 0 radical (unpaired) electrons. The first-order valence-corrected chi connectivity index (χ1v) is 21.9. The first kappa shape index (κ1) is 36.6. The van der Waals surface area contributed by atoms with E-state index in [0.717, 1.165) is 22.7 Å². The van der Waals surface area contributed by atoms with Gasteiger partial charge in [0.15, 0.2) is 0 Å². The summed E-state index contributed by atoms with van der Waals surface area (Å²) in [5, 5.41) is 5.07. The molecule has 2 aliphatic rings. The predicted molar refractivity (Wildman–Crippen MR) is 265 cm³/mol. The maximum atomic E-state index is 2.59. The lowest BCUT2D eigenvalue weighted by molar-refractivity contribution is 1.04. The molecule has 8 aromatic carbocycles. The van der Waals surface area contributed by atoms with Gasteiger partial charge < -0.3 is 18.9 Å². The van der Waals surface area contributed by atoms with Gasteiger partial charge in [-0.05, 0) is 149 Å². The van der Waals surface area contributed by atoms with E-state index in [4.69, 9.17) is 0 Å². The van der Waals surface area contributed by atoms with Crippen LogP contribution in [0, 0.1) is 48.5 Å². The standard InChI is InChI=1S/C57H47BN4/c1-34-8-17-42(18-9-34)61(43-19-10-35(2)11-20-43)51-28-26-49-55-47(51)31-39(6)59(55)53-33-41-30-38(5)16-25-46(41)57-54(53)58(49)50-27-29-52(48-32-40(7)60(57)56(48)50)62(44-21-12-36(3)13-22-44)45-23-14-37(4)15-24-45/h8-33H,1-7H3. The van der Waals surface area contributed by atoms with Gasteiger partial charge in [-0.3, -0.25) is 0 Å². The van der Waals surface area contributed by atoms with Gasteiger partial charge in [0.25, 0.3) is 6.71 Å². The molecule has 4 heterocycles. The van der Waals surface area contributed by atoms with Crippen molar-refractivity contribution in [3.63, 3.8) is 0 Å². The Balaban J connectivity index is 1.17. The summed E-state index contributed by atoms with van der Waals surface area (Å²) in [6.07, 6.45) is 0. The molecule has 298 valence electrons. The number of nitrogens with zero attached hydrogens (tertiary/aromatic N) is 4. The van der Waals surface area contributed by atoms with Crippen LogP contribution < -0.4 is 26.2 Å². The quantitative estimate of drug-likeness (QED) is 0.156. The zero-order chi connectivity index (χ0) is 42.1. The molecule has 0 spiro atoms. The van der Waals surface area contributed by atoms with Crippen molar-refractivity contribution in [1.29, 1.82) is 0 Å². The van der Waals surface area contributed by atoms with Crippen molar-refractivity contribution in [1.82, 2.24) is 9.13 Å². The molecule has 12 rings (SSSR count). The van der Waals surface area contributed by atoms with Crippen LogP contribution in [-0.2, 0) is 0 Å². The van der Waals surface area contributed by atoms with Crippen LogP contribution in [0.1, 0.15) is 39.2 Å². The fourth-order valence-corrected chi connectivity index (χ4v) is 10.7. The smallest absolute Gasteiger partial charge is 0.252 e. The first-order valence-electron chi connectivity index (χ1n) is 21.9. The summed E-state index contributed by atoms with van der Waals surface area (Å²) < 4.78 is 5.16. The van der Waals surface area contributed by atoms with Crippen LogP contribution in [0.4, 0.5) is 34.1 Å². The summed E-state index contributed by atoms with van der Waals surface area (Å²) in [6, 6.07) is 59.8. The monoisotopic (exact) mass is 798 g/mol. The van der Waals surface area contributed by atoms with E-state index in [9.17, 15) is 0 Å². The molecule has 5 heteroatoms. The van der Waals surface area contributed by atoms with Crippen molar-refractivity contribution in [2.75, 3.05) is 9.80 Å². The van der Waals surface area contributed by atoms with Crippen molar-refractivity contribution in [3.8, 4) is 11.4 Å². The Morgan fingerprint density at radius 2 is 0.774 bits per heavy atom. The minimum Gasteiger partial charge on any atom is -0.315 e. The molecule has 0 saturated carbocycles. The Hall–Kier alpha value is -7.24. The molecule has 0 unspecified atom stereocenters. The zero-order valence-corrected chi connectivity index (χ0v) is 36.4. The lowest BCUT2D eigenvalue weighted by Crippen LogP contribution is -2.59. The number of hydrogen-bond donors (Lipinski definition) is 0. The molecule has 2 aromatic heterocycles. The molecule has 0 N–H and O–H groups in total. The topological polar surface area (TPSA) is 16.3 Å². The van der Waals surface area contributed by atoms with Gasteiger partial charge in [0.1, 0.15) is 0 Å². The zero-order valence-electron chi connectivity index (χ0n) is 36.4. The summed E-state index contributed by atoms with van der Waals surface area (Å²) in [5.41, 5.74) is 24.9. The highest BCUT2D eigenvalue weighted by molar-refractivity contribution is 7.00. The summed E-state index contributed by atoms with van der Waals surface area (Å²) in [5.74, 6) is 0. The average molecular weight is 799 g/mol. The third kappa shape index (κ3) is 5.27. The van der Waals surface area contributed by atoms with Gasteiger partial charge in [0.2, 0.25) is 0 Å². The summed E-state index contributed by atoms with van der Waals surface area (Å²) in [6.45, 7) is 15.5. The van der Waals surface area contributed by atoms with E-state index in [1.54, 1.807) is 0 Å². The normalized spacial score (nSPS) is 12.4. The van der Waals surface area contributed by atoms with E-state index < -0.39 is 0 Å². The highest BCUT2D eigenvalue weighted by Crippen LogP contribution is 2.46. The number of benzene rings is 8. The van der Waals surface area contributed by atoms with Gasteiger partial charge in [-0.15, -0.1) is 0 Å². The lowest BCUT2D eigenvalue weighted by Gasteiger charge is -2.36. The minimum atomic E-state index is 0.0294. The molecule has 4 nitrogen and oxygen atoms in total. The van der Waals surface area contributed by atoms with Crippen LogP contribution >= 0.6 is 0 Å². The fourth-order valence-electron chi connectivity index (χ4n) is 10.7. The fraction of sp³-hybridized carbons (Fsp3) is 0.123. The van der Waals surface area contributed by atoms with Gasteiger partial charge in [-0.2, -0.15) is 0 Å². The number of aromatic nitrogens is 2. The van der Waals surface area contributed by atoms with Gasteiger partial charge in [0, 0.05) is 56.0 Å². The number of fused-ring (bicyclic) bond motifs is 6. The van der Waals surface area contributed by atoms with Gasteiger partial charge in [0.05, 0.1) is 28.1 Å². The molecule has 0 aliphatic carbocycles. The molecule has 0 fully saturated rings. The molecule has 0 saturated heterocycles. The lowest BCUT2D eigenvalue weighted by atomic mass is 9.34. The first-order chi connectivity index (χ1) is 30.1. The minimum absolute atomic E-state index is 0.0294. The molecule has 0 bridgehead atoms. The number of anilines is 6. The van der Waals surface area contributed by atoms with Crippen molar-refractivity contribution in [2.24, 2.45) is 0 Å². The van der Waals surface area contributed by atoms with Crippen LogP contribution in [-0.4, -0.2) is 15.8 Å². The molecular weight excluding hydrogens is 751 g/mol. The molecule has 0 amide bonds. The maximum absolute atomic E-state index is 2.59. The van der Waals surface area contributed by atoms with Crippen molar-refractivity contribution >= 4 is 89.8 Å². The summed E-state index contributed by atoms with van der Waals surface area (Å²) >= 11 is 0. The van der Waals surface area contributed by atoms with Crippen molar-refractivity contribution in [2.45, 2.75) is 48.5 Å². The summed E-state index contributed by atoms with van der Waals surface area (Å²) in [4.78, 5) is 4.89. The van der Waals surface area contributed by atoms with Crippen molar-refractivity contribution < 1.29 is 0 Å². The Kier molecular flexibility index (Phi) is 7.90. The second kappa shape index (κ2) is 13.4. The van der Waals surface area contributed by atoms with Gasteiger partial charge in [-0.1, -0.05) is 107 Å². The molecule has 10 aromatic rings. The molecular formula is C57H47BN4.